The topological polar surface area (TPSA) is 89.5 Å². The summed E-state index contributed by atoms with van der Waals surface area (Å²) in [6.07, 6.45) is -4.43. The molecule has 2 rings (SSSR count). The molecule has 2 aromatic carbocycles. The van der Waals surface area contributed by atoms with Gasteiger partial charge in [-0.15, -0.1) is 0 Å². The molecule has 6 nitrogen and oxygen atoms in total. The first-order chi connectivity index (χ1) is 13.6. The fraction of sp³-hybridized carbons (Fsp3) is 0.263. The van der Waals surface area contributed by atoms with Gasteiger partial charge in [0.05, 0.1) is 22.8 Å². The Kier molecular flexibility index (Phi) is 7.38. The van der Waals surface area contributed by atoms with Gasteiger partial charge in [0.2, 0.25) is 0 Å². The molecule has 0 atom stereocenters. The van der Waals surface area contributed by atoms with Gasteiger partial charge in [-0.05, 0) is 42.8 Å². The summed E-state index contributed by atoms with van der Waals surface area (Å²) in [4.78, 5) is 23.6. The van der Waals surface area contributed by atoms with Gasteiger partial charge in [0.25, 0.3) is 5.91 Å². The van der Waals surface area contributed by atoms with Crippen LogP contribution in [-0.4, -0.2) is 39.2 Å². The highest BCUT2D eigenvalue weighted by atomic mass is 32.2. The molecule has 0 saturated carbocycles. The highest BCUT2D eigenvalue weighted by molar-refractivity contribution is 7.91. The number of esters is 1. The summed E-state index contributed by atoms with van der Waals surface area (Å²) in [6, 6.07) is 11.4. The average molecular weight is 429 g/mol. The van der Waals surface area contributed by atoms with Crippen LogP contribution in [0.3, 0.4) is 0 Å². The number of halogens is 3. The van der Waals surface area contributed by atoms with Crippen molar-refractivity contribution in [1.29, 1.82) is 0 Å². The van der Waals surface area contributed by atoms with E-state index in [-0.39, 0.29) is 29.2 Å². The van der Waals surface area contributed by atoms with Crippen molar-refractivity contribution in [2.45, 2.75) is 17.5 Å². The Bertz CT molecular complexity index is 942. The fourth-order valence-electron chi connectivity index (χ4n) is 2.30. The molecule has 1 N–H and O–H groups in total. The molecule has 2 aromatic rings. The Morgan fingerprint density at radius 1 is 0.966 bits per heavy atom. The van der Waals surface area contributed by atoms with Crippen LogP contribution in [0.25, 0.3) is 0 Å². The number of ether oxygens (including phenoxy) is 1. The SMILES string of the molecule is O=C(CNC(=O)c1ccc(C(F)(F)F)cc1)OCCCS(=O)(=O)c1ccccc1. The Morgan fingerprint density at radius 3 is 2.17 bits per heavy atom. The van der Waals surface area contributed by atoms with Gasteiger partial charge in [0.15, 0.2) is 9.84 Å². The van der Waals surface area contributed by atoms with E-state index in [0.717, 1.165) is 24.3 Å². The number of hydrogen-bond donors (Lipinski definition) is 1. The van der Waals surface area contributed by atoms with Crippen molar-refractivity contribution < 1.29 is 35.9 Å². The molecule has 10 heteroatoms. The van der Waals surface area contributed by atoms with Gasteiger partial charge in [-0.2, -0.15) is 13.2 Å². The van der Waals surface area contributed by atoms with Gasteiger partial charge in [-0.25, -0.2) is 8.42 Å². The van der Waals surface area contributed by atoms with Gasteiger partial charge in [-0.3, -0.25) is 9.59 Å². The molecule has 0 unspecified atom stereocenters. The molecule has 0 bridgehead atoms. The number of sulfone groups is 1. The van der Waals surface area contributed by atoms with Crippen LogP contribution >= 0.6 is 0 Å². The minimum Gasteiger partial charge on any atom is -0.464 e. The Labute approximate surface area is 165 Å². The minimum atomic E-state index is -4.51. The lowest BCUT2D eigenvalue weighted by Crippen LogP contribution is -2.31. The van der Waals surface area contributed by atoms with Crippen LogP contribution in [0.5, 0.6) is 0 Å². The van der Waals surface area contributed by atoms with E-state index in [0.29, 0.717) is 0 Å². The number of hydrogen-bond acceptors (Lipinski definition) is 5. The smallest absolute Gasteiger partial charge is 0.416 e. The van der Waals surface area contributed by atoms with Crippen LogP contribution in [0.15, 0.2) is 59.5 Å². The second-order valence-electron chi connectivity index (χ2n) is 5.96. The van der Waals surface area contributed by atoms with Crippen LogP contribution in [-0.2, 0) is 25.5 Å². The van der Waals surface area contributed by atoms with Crippen LogP contribution < -0.4 is 5.32 Å². The van der Waals surface area contributed by atoms with E-state index >= 15 is 0 Å². The summed E-state index contributed by atoms with van der Waals surface area (Å²) in [5, 5.41) is 2.23. The molecule has 0 radical (unpaired) electrons. The minimum absolute atomic E-state index is 0.0419. The lowest BCUT2D eigenvalue weighted by Gasteiger charge is -2.09. The Hall–Kier alpha value is -2.88. The molecule has 0 aliphatic carbocycles. The Balaban J connectivity index is 1.72. The number of amides is 1. The van der Waals surface area contributed by atoms with E-state index in [9.17, 15) is 31.2 Å². The molecule has 0 aliphatic rings. The molecule has 156 valence electrons. The van der Waals surface area contributed by atoms with E-state index in [4.69, 9.17) is 4.74 Å². The van der Waals surface area contributed by atoms with Crippen molar-refractivity contribution in [2.24, 2.45) is 0 Å². The summed E-state index contributed by atoms with van der Waals surface area (Å²) in [7, 11) is -3.48. The van der Waals surface area contributed by atoms with Gasteiger partial charge < -0.3 is 10.1 Å². The summed E-state index contributed by atoms with van der Waals surface area (Å²) in [6.45, 7) is -0.646. The van der Waals surface area contributed by atoms with Gasteiger partial charge in [0, 0.05) is 5.56 Å². The predicted molar refractivity (Wildman–Crippen MR) is 97.8 cm³/mol. The number of carbonyl (C=O) groups excluding carboxylic acids is 2. The number of rotatable bonds is 8. The van der Waals surface area contributed by atoms with Crippen molar-refractivity contribution in [1.82, 2.24) is 5.32 Å². The van der Waals surface area contributed by atoms with Crippen molar-refractivity contribution >= 4 is 21.7 Å². The molecule has 0 spiro atoms. The second kappa shape index (κ2) is 9.55. The van der Waals surface area contributed by atoms with E-state index in [2.05, 4.69) is 5.32 Å². The van der Waals surface area contributed by atoms with Gasteiger partial charge in [-0.1, -0.05) is 18.2 Å². The van der Waals surface area contributed by atoms with Crippen LogP contribution in [0.2, 0.25) is 0 Å². The zero-order valence-electron chi connectivity index (χ0n) is 15.1. The predicted octanol–water partition coefficient (Wildman–Crippen LogP) is 2.84. The average Bonchev–Trinajstić information content (AvgIpc) is 2.69. The molecule has 0 fully saturated rings. The van der Waals surface area contributed by atoms with Gasteiger partial charge >= 0.3 is 12.1 Å². The van der Waals surface area contributed by atoms with Crippen molar-refractivity contribution in [3.05, 3.63) is 65.7 Å². The largest absolute Gasteiger partial charge is 0.464 e. The van der Waals surface area contributed by atoms with E-state index in [1.54, 1.807) is 18.2 Å². The second-order valence-corrected chi connectivity index (χ2v) is 8.07. The maximum absolute atomic E-state index is 12.5. The number of nitrogens with one attached hydrogen (secondary N) is 1. The van der Waals surface area contributed by atoms with E-state index in [1.165, 1.54) is 12.1 Å². The first-order valence-electron chi connectivity index (χ1n) is 8.48. The summed E-state index contributed by atoms with van der Waals surface area (Å²) in [5.41, 5.74) is -0.932. The zero-order chi connectivity index (χ0) is 21.5. The third-order valence-electron chi connectivity index (χ3n) is 3.79. The maximum atomic E-state index is 12.5. The molecular formula is C19H18F3NO5S. The number of alkyl halides is 3. The summed E-state index contributed by atoms with van der Waals surface area (Å²) >= 11 is 0. The molecule has 1 amide bonds. The maximum Gasteiger partial charge on any atom is 0.416 e. The highest BCUT2D eigenvalue weighted by Gasteiger charge is 2.30. The lowest BCUT2D eigenvalue weighted by molar-refractivity contribution is -0.142. The number of carbonyl (C=O) groups is 2. The van der Waals surface area contributed by atoms with Crippen LogP contribution in [0.4, 0.5) is 13.2 Å². The molecule has 0 saturated heterocycles. The molecular weight excluding hydrogens is 411 g/mol. The number of benzene rings is 2. The van der Waals surface area contributed by atoms with Crippen molar-refractivity contribution in [2.75, 3.05) is 18.9 Å². The lowest BCUT2D eigenvalue weighted by atomic mass is 10.1. The molecule has 0 heterocycles. The first-order valence-corrected chi connectivity index (χ1v) is 10.1. The monoisotopic (exact) mass is 429 g/mol. The summed E-state index contributed by atoms with van der Waals surface area (Å²) in [5.74, 6) is -1.73. The third kappa shape index (κ3) is 6.90. The molecule has 29 heavy (non-hydrogen) atoms. The normalized spacial score (nSPS) is 11.7. The quantitative estimate of drug-likeness (QED) is 0.515. The van der Waals surface area contributed by atoms with Crippen LogP contribution in [0, 0.1) is 0 Å². The molecule has 0 aliphatic heterocycles. The first kappa shape index (κ1) is 22.4. The highest BCUT2D eigenvalue weighted by Crippen LogP contribution is 2.29. The van der Waals surface area contributed by atoms with Crippen LogP contribution in [0.1, 0.15) is 22.3 Å². The summed E-state index contributed by atoms with van der Waals surface area (Å²) < 4.78 is 66.5. The Morgan fingerprint density at radius 2 is 1.59 bits per heavy atom. The standard InChI is InChI=1S/C19H18F3NO5S/c20-19(21,22)15-9-7-14(8-10-15)18(25)23-13-17(24)28-11-4-12-29(26,27)16-5-2-1-3-6-16/h1-3,5-10H,4,11-13H2,(H,23,25). The zero-order valence-corrected chi connectivity index (χ0v) is 15.9. The fourth-order valence-corrected chi connectivity index (χ4v) is 3.60. The third-order valence-corrected chi connectivity index (χ3v) is 5.61. The van der Waals surface area contributed by atoms with Crippen molar-refractivity contribution in [3.63, 3.8) is 0 Å². The molecule has 0 aromatic heterocycles. The van der Waals surface area contributed by atoms with Gasteiger partial charge in [0.1, 0.15) is 6.54 Å². The van der Waals surface area contributed by atoms with E-state index < -0.39 is 40.0 Å². The van der Waals surface area contributed by atoms with Crippen molar-refractivity contribution in [3.8, 4) is 0 Å². The van der Waals surface area contributed by atoms with E-state index in [1.807, 2.05) is 0 Å².